The van der Waals surface area contributed by atoms with Gasteiger partial charge in [0.05, 0.1) is 5.69 Å². The Kier molecular flexibility index (Phi) is 4.81. The molecule has 26 heavy (non-hydrogen) atoms. The van der Waals surface area contributed by atoms with E-state index in [1.54, 1.807) is 0 Å². The summed E-state index contributed by atoms with van der Waals surface area (Å²) in [6, 6.07) is 10.7. The van der Waals surface area contributed by atoms with Gasteiger partial charge in [-0.1, -0.05) is 13.0 Å². The second-order valence-electron chi connectivity index (χ2n) is 7.88. The van der Waals surface area contributed by atoms with Gasteiger partial charge in [0, 0.05) is 44.0 Å². The van der Waals surface area contributed by atoms with Crippen molar-refractivity contribution in [1.29, 1.82) is 0 Å². The van der Waals surface area contributed by atoms with E-state index in [4.69, 9.17) is 0 Å². The summed E-state index contributed by atoms with van der Waals surface area (Å²) in [6.07, 6.45) is 1.13. The Balaban J connectivity index is 1.46. The van der Waals surface area contributed by atoms with E-state index in [9.17, 15) is 0 Å². The summed E-state index contributed by atoms with van der Waals surface area (Å²) in [7, 11) is 2.22. The van der Waals surface area contributed by atoms with Gasteiger partial charge in [0.2, 0.25) is 0 Å². The number of nitrogens with one attached hydrogen (secondary N) is 1. The van der Waals surface area contributed by atoms with Gasteiger partial charge in [-0.3, -0.25) is 0 Å². The Morgan fingerprint density at radius 1 is 1.04 bits per heavy atom. The van der Waals surface area contributed by atoms with Gasteiger partial charge in [0.25, 0.3) is 0 Å². The molecule has 2 unspecified atom stereocenters. The van der Waals surface area contributed by atoms with E-state index in [2.05, 4.69) is 76.5 Å². The third kappa shape index (κ3) is 3.40. The summed E-state index contributed by atoms with van der Waals surface area (Å²) in [5.74, 6) is 2.59. The van der Waals surface area contributed by atoms with Crippen LogP contribution in [-0.4, -0.2) is 54.9 Å². The van der Waals surface area contributed by atoms with E-state index in [0.717, 1.165) is 55.0 Å². The molecule has 2 fully saturated rings. The molecule has 1 aromatic carbocycles. The highest BCUT2D eigenvalue weighted by atomic mass is 15.3. The molecule has 1 aromatic heterocycles. The third-order valence-corrected chi connectivity index (χ3v) is 5.73. The van der Waals surface area contributed by atoms with Gasteiger partial charge in [-0.05, 0) is 62.1 Å². The second kappa shape index (κ2) is 7.23. The summed E-state index contributed by atoms with van der Waals surface area (Å²) in [6.45, 7) is 9.97. The summed E-state index contributed by atoms with van der Waals surface area (Å²) in [4.78, 5) is 4.85. The molecule has 1 N–H and O–H groups in total. The van der Waals surface area contributed by atoms with Crippen molar-refractivity contribution < 1.29 is 0 Å². The lowest BCUT2D eigenvalue weighted by Crippen LogP contribution is -2.27. The molecular weight excluding hydrogens is 322 g/mol. The number of rotatable bonds is 5. The first-order valence-corrected chi connectivity index (χ1v) is 9.76. The highest BCUT2D eigenvalue weighted by Gasteiger charge is 2.39. The van der Waals surface area contributed by atoms with Crippen LogP contribution in [0.15, 0.2) is 30.3 Å². The number of anilines is 2. The molecule has 2 aliphatic rings. The SMILES string of the molecule is CCCNc1ccc(-c2ccc(N3CC4CN(C)CC4C3)nn2)cc1C. The standard InChI is InChI=1S/C21H29N5/c1-4-9-22-19-6-5-16(10-15(19)2)20-7-8-21(24-23-20)26-13-17-11-25(3)12-18(17)14-26/h5-8,10,17-18,22H,4,9,11-14H2,1-3H3. The lowest BCUT2D eigenvalue weighted by Gasteiger charge is -2.19. The minimum atomic E-state index is 0.785. The van der Waals surface area contributed by atoms with Gasteiger partial charge in [-0.2, -0.15) is 0 Å². The van der Waals surface area contributed by atoms with E-state index in [0.29, 0.717) is 0 Å². The summed E-state index contributed by atoms with van der Waals surface area (Å²) in [5, 5.41) is 12.5. The first-order valence-electron chi connectivity index (χ1n) is 9.76. The van der Waals surface area contributed by atoms with Gasteiger partial charge in [0.1, 0.15) is 0 Å². The molecule has 2 aromatic rings. The predicted octanol–water partition coefficient (Wildman–Crippen LogP) is 3.27. The number of aryl methyl sites for hydroxylation is 1. The van der Waals surface area contributed by atoms with Crippen LogP contribution in [0.2, 0.25) is 0 Å². The zero-order valence-electron chi connectivity index (χ0n) is 16.1. The molecule has 5 heteroatoms. The fraction of sp³-hybridized carbons (Fsp3) is 0.524. The lowest BCUT2D eigenvalue weighted by molar-refractivity contribution is 0.387. The van der Waals surface area contributed by atoms with E-state index < -0.39 is 0 Å². The monoisotopic (exact) mass is 351 g/mol. The second-order valence-corrected chi connectivity index (χ2v) is 7.88. The van der Waals surface area contributed by atoms with E-state index >= 15 is 0 Å². The van der Waals surface area contributed by atoms with E-state index in [-0.39, 0.29) is 0 Å². The largest absolute Gasteiger partial charge is 0.385 e. The molecule has 3 heterocycles. The molecule has 0 spiro atoms. The lowest BCUT2D eigenvalue weighted by atomic mass is 10.0. The fourth-order valence-electron chi connectivity index (χ4n) is 4.34. The Bertz CT molecular complexity index is 743. The topological polar surface area (TPSA) is 44.3 Å². The molecule has 5 nitrogen and oxygen atoms in total. The predicted molar refractivity (Wildman–Crippen MR) is 108 cm³/mol. The van der Waals surface area contributed by atoms with Crippen molar-refractivity contribution in [3.8, 4) is 11.3 Å². The van der Waals surface area contributed by atoms with Crippen LogP contribution in [-0.2, 0) is 0 Å². The maximum atomic E-state index is 4.53. The molecule has 2 aliphatic heterocycles. The number of hydrogen-bond donors (Lipinski definition) is 1. The highest BCUT2D eigenvalue weighted by molar-refractivity contribution is 5.66. The maximum Gasteiger partial charge on any atom is 0.151 e. The van der Waals surface area contributed by atoms with Crippen LogP contribution in [0, 0.1) is 18.8 Å². The molecule has 2 saturated heterocycles. The van der Waals surface area contributed by atoms with Gasteiger partial charge < -0.3 is 15.1 Å². The Labute approximate surface area is 156 Å². The van der Waals surface area contributed by atoms with Crippen LogP contribution >= 0.6 is 0 Å². The van der Waals surface area contributed by atoms with Gasteiger partial charge in [-0.15, -0.1) is 10.2 Å². The van der Waals surface area contributed by atoms with Crippen molar-refractivity contribution in [3.05, 3.63) is 35.9 Å². The average molecular weight is 351 g/mol. The molecular formula is C21H29N5. The van der Waals surface area contributed by atoms with Crippen molar-refractivity contribution in [1.82, 2.24) is 15.1 Å². The van der Waals surface area contributed by atoms with E-state index in [1.165, 1.54) is 24.3 Å². The van der Waals surface area contributed by atoms with Crippen molar-refractivity contribution in [2.75, 3.05) is 50.0 Å². The van der Waals surface area contributed by atoms with Crippen molar-refractivity contribution >= 4 is 11.5 Å². The number of benzene rings is 1. The van der Waals surface area contributed by atoms with Crippen LogP contribution in [0.5, 0.6) is 0 Å². The normalized spacial score (nSPS) is 22.7. The molecule has 0 bridgehead atoms. The summed E-state index contributed by atoms with van der Waals surface area (Å²) < 4.78 is 0. The highest BCUT2D eigenvalue weighted by Crippen LogP contribution is 2.32. The van der Waals surface area contributed by atoms with Crippen LogP contribution in [0.4, 0.5) is 11.5 Å². The molecule has 0 amide bonds. The number of likely N-dealkylation sites (tertiary alicyclic amines) is 1. The summed E-state index contributed by atoms with van der Waals surface area (Å²) >= 11 is 0. The molecule has 0 radical (unpaired) electrons. The van der Waals surface area contributed by atoms with Crippen LogP contribution in [0.25, 0.3) is 11.3 Å². The first-order chi connectivity index (χ1) is 12.6. The summed E-state index contributed by atoms with van der Waals surface area (Å²) in [5.41, 5.74) is 4.52. The van der Waals surface area contributed by atoms with Gasteiger partial charge >= 0.3 is 0 Å². The number of nitrogens with zero attached hydrogens (tertiary/aromatic N) is 4. The third-order valence-electron chi connectivity index (χ3n) is 5.73. The maximum absolute atomic E-state index is 4.53. The Morgan fingerprint density at radius 2 is 1.81 bits per heavy atom. The minimum Gasteiger partial charge on any atom is -0.385 e. The van der Waals surface area contributed by atoms with Gasteiger partial charge in [0.15, 0.2) is 5.82 Å². The molecule has 2 atom stereocenters. The first kappa shape index (κ1) is 17.3. The van der Waals surface area contributed by atoms with Crippen LogP contribution in [0.3, 0.4) is 0 Å². The van der Waals surface area contributed by atoms with Crippen molar-refractivity contribution in [3.63, 3.8) is 0 Å². The van der Waals surface area contributed by atoms with Crippen LogP contribution in [0.1, 0.15) is 18.9 Å². The number of fused-ring (bicyclic) bond motifs is 1. The van der Waals surface area contributed by atoms with Gasteiger partial charge in [-0.25, -0.2) is 0 Å². The minimum absolute atomic E-state index is 0.785. The molecule has 0 saturated carbocycles. The zero-order chi connectivity index (χ0) is 18.1. The molecule has 0 aliphatic carbocycles. The van der Waals surface area contributed by atoms with Crippen molar-refractivity contribution in [2.24, 2.45) is 11.8 Å². The van der Waals surface area contributed by atoms with Crippen LogP contribution < -0.4 is 10.2 Å². The molecule has 4 rings (SSSR count). The quantitative estimate of drug-likeness (QED) is 0.896. The Morgan fingerprint density at radius 3 is 2.42 bits per heavy atom. The number of aromatic nitrogens is 2. The van der Waals surface area contributed by atoms with Crippen molar-refractivity contribution in [2.45, 2.75) is 20.3 Å². The Hall–Kier alpha value is -2.14. The molecule has 138 valence electrons. The zero-order valence-corrected chi connectivity index (χ0v) is 16.1. The smallest absolute Gasteiger partial charge is 0.151 e. The van der Waals surface area contributed by atoms with E-state index in [1.807, 2.05) is 0 Å². The number of hydrogen-bond acceptors (Lipinski definition) is 5. The average Bonchev–Trinajstić information content (AvgIpc) is 3.18. The fourth-order valence-corrected chi connectivity index (χ4v) is 4.34.